The van der Waals surface area contributed by atoms with Gasteiger partial charge in [0, 0.05) is 12.6 Å². The molecule has 0 spiro atoms. The second-order valence-corrected chi connectivity index (χ2v) is 6.47. The largest absolute Gasteiger partial charge is 0.317 e. The third-order valence-electron chi connectivity index (χ3n) is 5.23. The second-order valence-electron chi connectivity index (χ2n) is 6.47. The summed E-state index contributed by atoms with van der Waals surface area (Å²) < 4.78 is 0. The first-order valence-corrected chi connectivity index (χ1v) is 7.59. The molecule has 100 valence electrons. The zero-order chi connectivity index (χ0) is 12.3. The average Bonchev–Trinajstić information content (AvgIpc) is 2.34. The van der Waals surface area contributed by atoms with Crippen molar-refractivity contribution in [1.82, 2.24) is 10.2 Å². The molecule has 1 aliphatic carbocycles. The zero-order valence-electron chi connectivity index (χ0n) is 11.9. The van der Waals surface area contributed by atoms with Crippen LogP contribution in [0.2, 0.25) is 0 Å². The van der Waals surface area contributed by atoms with E-state index in [1.54, 1.807) is 0 Å². The molecule has 0 radical (unpaired) electrons. The molecular formula is C15H30N2. The molecule has 3 atom stereocenters. The third-order valence-corrected chi connectivity index (χ3v) is 5.23. The van der Waals surface area contributed by atoms with Gasteiger partial charge in [-0.3, -0.25) is 0 Å². The lowest BCUT2D eigenvalue weighted by Crippen LogP contribution is -2.45. The third kappa shape index (κ3) is 3.45. The van der Waals surface area contributed by atoms with Crippen LogP contribution in [0.1, 0.15) is 46.0 Å². The highest BCUT2D eigenvalue weighted by Gasteiger charge is 2.30. The molecule has 0 amide bonds. The van der Waals surface area contributed by atoms with Crippen molar-refractivity contribution in [2.45, 2.75) is 52.0 Å². The molecule has 3 unspecified atom stereocenters. The first-order chi connectivity index (χ1) is 8.18. The van der Waals surface area contributed by atoms with Gasteiger partial charge < -0.3 is 10.2 Å². The second kappa shape index (κ2) is 6.19. The van der Waals surface area contributed by atoms with E-state index in [0.717, 1.165) is 23.8 Å². The summed E-state index contributed by atoms with van der Waals surface area (Å²) in [7, 11) is 2.36. The van der Waals surface area contributed by atoms with Gasteiger partial charge in [-0.25, -0.2) is 0 Å². The van der Waals surface area contributed by atoms with E-state index in [0.29, 0.717) is 0 Å². The van der Waals surface area contributed by atoms with Crippen LogP contribution in [0.15, 0.2) is 0 Å². The molecule has 1 N–H and O–H groups in total. The van der Waals surface area contributed by atoms with Gasteiger partial charge in [-0.05, 0) is 57.2 Å². The average molecular weight is 238 g/mol. The Hall–Kier alpha value is -0.0800. The monoisotopic (exact) mass is 238 g/mol. The highest BCUT2D eigenvalue weighted by molar-refractivity contribution is 4.84. The van der Waals surface area contributed by atoms with Gasteiger partial charge in [0.1, 0.15) is 0 Å². The van der Waals surface area contributed by atoms with Gasteiger partial charge in [-0.15, -0.1) is 0 Å². The minimum Gasteiger partial charge on any atom is -0.317 e. The fraction of sp³-hybridized carbons (Fsp3) is 1.00. The molecule has 0 aromatic carbocycles. The molecule has 2 nitrogen and oxygen atoms in total. The summed E-state index contributed by atoms with van der Waals surface area (Å²) in [6.07, 6.45) is 7.06. The Morgan fingerprint density at radius 1 is 1.06 bits per heavy atom. The first-order valence-electron chi connectivity index (χ1n) is 7.59. The predicted octanol–water partition coefficient (Wildman–Crippen LogP) is 2.74. The summed E-state index contributed by atoms with van der Waals surface area (Å²) in [4.78, 5) is 2.68. The Morgan fingerprint density at radius 3 is 2.47 bits per heavy atom. The smallest absolute Gasteiger partial charge is 0.0120 e. The van der Waals surface area contributed by atoms with Gasteiger partial charge in [0.15, 0.2) is 0 Å². The van der Waals surface area contributed by atoms with Crippen molar-refractivity contribution < 1.29 is 0 Å². The van der Waals surface area contributed by atoms with Crippen LogP contribution in [0.5, 0.6) is 0 Å². The van der Waals surface area contributed by atoms with Crippen molar-refractivity contribution in [3.8, 4) is 0 Å². The number of hydrogen-bond acceptors (Lipinski definition) is 2. The van der Waals surface area contributed by atoms with E-state index >= 15 is 0 Å². The summed E-state index contributed by atoms with van der Waals surface area (Å²) in [5.41, 5.74) is 0. The Morgan fingerprint density at radius 2 is 1.76 bits per heavy atom. The molecule has 1 saturated carbocycles. The van der Waals surface area contributed by atoms with Gasteiger partial charge >= 0.3 is 0 Å². The lowest BCUT2D eigenvalue weighted by Gasteiger charge is -2.41. The first kappa shape index (κ1) is 13.4. The summed E-state index contributed by atoms with van der Waals surface area (Å²) in [6, 6.07) is 0.841. The van der Waals surface area contributed by atoms with E-state index in [1.807, 2.05) is 0 Å². The van der Waals surface area contributed by atoms with E-state index in [1.165, 1.54) is 51.7 Å². The van der Waals surface area contributed by atoms with E-state index < -0.39 is 0 Å². The molecule has 2 aliphatic rings. The van der Waals surface area contributed by atoms with Crippen LogP contribution in [-0.4, -0.2) is 37.6 Å². The van der Waals surface area contributed by atoms with Crippen LogP contribution in [0.3, 0.4) is 0 Å². The fourth-order valence-electron chi connectivity index (χ4n) is 3.78. The van der Waals surface area contributed by atoms with Crippen molar-refractivity contribution in [3.05, 3.63) is 0 Å². The quantitative estimate of drug-likeness (QED) is 0.813. The highest BCUT2D eigenvalue weighted by Crippen LogP contribution is 2.32. The lowest BCUT2D eigenvalue weighted by atomic mass is 9.77. The van der Waals surface area contributed by atoms with E-state index in [-0.39, 0.29) is 0 Å². The molecule has 0 bridgehead atoms. The lowest BCUT2D eigenvalue weighted by molar-refractivity contribution is 0.0845. The standard InChI is InChI=1S/C15H30N2/c1-12-5-4-6-15(13(12)2)17(3)11-14-7-9-16-10-8-14/h12-16H,4-11H2,1-3H3. The molecule has 0 aromatic rings. The fourth-order valence-corrected chi connectivity index (χ4v) is 3.78. The van der Waals surface area contributed by atoms with Crippen LogP contribution in [-0.2, 0) is 0 Å². The maximum Gasteiger partial charge on any atom is 0.0120 e. The minimum absolute atomic E-state index is 0.841. The van der Waals surface area contributed by atoms with Gasteiger partial charge in [0.25, 0.3) is 0 Å². The minimum atomic E-state index is 0.841. The van der Waals surface area contributed by atoms with Gasteiger partial charge in [0.2, 0.25) is 0 Å². The number of nitrogens with one attached hydrogen (secondary N) is 1. The molecule has 1 aliphatic heterocycles. The number of nitrogens with zero attached hydrogens (tertiary/aromatic N) is 1. The molecule has 2 heteroatoms. The number of piperidine rings is 1. The molecule has 2 fully saturated rings. The maximum absolute atomic E-state index is 3.46. The van der Waals surface area contributed by atoms with Crippen molar-refractivity contribution in [1.29, 1.82) is 0 Å². The topological polar surface area (TPSA) is 15.3 Å². The van der Waals surface area contributed by atoms with Crippen molar-refractivity contribution in [3.63, 3.8) is 0 Å². The van der Waals surface area contributed by atoms with E-state index in [9.17, 15) is 0 Å². The van der Waals surface area contributed by atoms with Crippen LogP contribution in [0.25, 0.3) is 0 Å². The summed E-state index contributed by atoms with van der Waals surface area (Å²) >= 11 is 0. The molecular weight excluding hydrogens is 208 g/mol. The molecule has 0 aromatic heterocycles. The number of rotatable bonds is 3. The number of hydrogen-bond donors (Lipinski definition) is 1. The van der Waals surface area contributed by atoms with Crippen LogP contribution >= 0.6 is 0 Å². The van der Waals surface area contributed by atoms with Gasteiger partial charge in [-0.1, -0.05) is 26.7 Å². The predicted molar refractivity (Wildman–Crippen MR) is 74.2 cm³/mol. The summed E-state index contributed by atoms with van der Waals surface area (Å²) in [6.45, 7) is 8.69. The normalized spacial score (nSPS) is 36.4. The van der Waals surface area contributed by atoms with Crippen LogP contribution < -0.4 is 5.32 Å². The highest BCUT2D eigenvalue weighted by atomic mass is 15.1. The molecule has 2 rings (SSSR count). The summed E-state index contributed by atoms with van der Waals surface area (Å²) in [5.74, 6) is 2.74. The van der Waals surface area contributed by atoms with Crippen molar-refractivity contribution >= 4 is 0 Å². The van der Waals surface area contributed by atoms with Gasteiger partial charge in [-0.2, -0.15) is 0 Å². The maximum atomic E-state index is 3.46. The van der Waals surface area contributed by atoms with E-state index in [2.05, 4.69) is 31.1 Å². The Labute approximate surface area is 107 Å². The Kier molecular flexibility index (Phi) is 4.87. The van der Waals surface area contributed by atoms with Crippen molar-refractivity contribution in [2.75, 3.05) is 26.7 Å². The zero-order valence-corrected chi connectivity index (χ0v) is 11.9. The van der Waals surface area contributed by atoms with E-state index in [4.69, 9.17) is 0 Å². The van der Waals surface area contributed by atoms with Crippen molar-refractivity contribution in [2.24, 2.45) is 17.8 Å². The SMILES string of the molecule is CC1CCCC(N(C)CC2CCNCC2)C1C. The Bertz CT molecular complexity index is 223. The molecule has 1 saturated heterocycles. The summed E-state index contributed by atoms with van der Waals surface area (Å²) in [5, 5.41) is 3.46. The van der Waals surface area contributed by atoms with Crippen LogP contribution in [0, 0.1) is 17.8 Å². The molecule has 1 heterocycles. The van der Waals surface area contributed by atoms with Crippen LogP contribution in [0.4, 0.5) is 0 Å². The van der Waals surface area contributed by atoms with Gasteiger partial charge in [0.05, 0.1) is 0 Å². The Balaban J connectivity index is 1.83. The molecule has 17 heavy (non-hydrogen) atoms.